The third kappa shape index (κ3) is 7.24. The van der Waals surface area contributed by atoms with Crippen LogP contribution in [0.3, 0.4) is 0 Å². The van der Waals surface area contributed by atoms with Crippen LogP contribution in [0.15, 0.2) is 97.1 Å². The molecule has 4 aromatic carbocycles. The second kappa shape index (κ2) is 13.2. The number of rotatable bonds is 10. The molecule has 0 saturated heterocycles. The van der Waals surface area contributed by atoms with E-state index < -0.39 is 11.9 Å². The first-order chi connectivity index (χ1) is 19.8. The number of hydrogen-bond donors (Lipinski definition) is 4. The Morgan fingerprint density at radius 3 is 2.12 bits per heavy atom. The topological polar surface area (TPSA) is 134 Å². The van der Waals surface area contributed by atoms with E-state index in [-0.39, 0.29) is 30.0 Å². The molecular formula is C33H32N4O4. The number of nitrogens with one attached hydrogen (secondary N) is 3. The van der Waals surface area contributed by atoms with Crippen LogP contribution in [0, 0.1) is 5.41 Å². The molecule has 8 nitrogen and oxygen atoms in total. The van der Waals surface area contributed by atoms with Crippen LogP contribution in [-0.2, 0) is 11.3 Å². The summed E-state index contributed by atoms with van der Waals surface area (Å²) in [5.74, 6) is -1.38. The van der Waals surface area contributed by atoms with Crippen molar-refractivity contribution >= 4 is 29.3 Å². The van der Waals surface area contributed by atoms with Gasteiger partial charge in [-0.3, -0.25) is 15.0 Å². The van der Waals surface area contributed by atoms with Gasteiger partial charge in [-0.25, -0.2) is 4.79 Å². The van der Waals surface area contributed by atoms with E-state index in [4.69, 9.17) is 15.9 Å². The van der Waals surface area contributed by atoms with Crippen molar-refractivity contribution in [3.05, 3.63) is 125 Å². The molecule has 0 aliphatic heterocycles. The Morgan fingerprint density at radius 2 is 1.44 bits per heavy atom. The van der Waals surface area contributed by atoms with E-state index in [1.807, 2.05) is 44.2 Å². The summed E-state index contributed by atoms with van der Waals surface area (Å²) in [6.45, 7) is 3.94. The third-order valence-electron chi connectivity index (χ3n) is 6.62. The molecule has 0 saturated carbocycles. The first-order valence-electron chi connectivity index (χ1n) is 13.3. The van der Waals surface area contributed by atoms with Gasteiger partial charge in [0, 0.05) is 28.4 Å². The summed E-state index contributed by atoms with van der Waals surface area (Å²) in [6, 6.07) is 27.6. The summed E-state index contributed by atoms with van der Waals surface area (Å²) in [4.78, 5) is 39.7. The number of esters is 1. The van der Waals surface area contributed by atoms with Crippen molar-refractivity contribution in [3.63, 3.8) is 0 Å². The zero-order chi connectivity index (χ0) is 29.4. The maximum absolute atomic E-state index is 13.4. The van der Waals surface area contributed by atoms with Gasteiger partial charge >= 0.3 is 5.97 Å². The minimum absolute atomic E-state index is 0.0374. The zero-order valence-corrected chi connectivity index (χ0v) is 22.9. The lowest BCUT2D eigenvalue weighted by molar-refractivity contribution is 0.0473. The molecule has 0 radical (unpaired) electrons. The number of carbonyl (C=O) groups excluding carboxylic acids is 3. The van der Waals surface area contributed by atoms with E-state index in [2.05, 4.69) is 10.6 Å². The van der Waals surface area contributed by atoms with E-state index in [0.29, 0.717) is 33.5 Å². The fourth-order valence-corrected chi connectivity index (χ4v) is 4.15. The van der Waals surface area contributed by atoms with Crippen LogP contribution in [-0.4, -0.2) is 29.7 Å². The fraction of sp³-hybridized carbons (Fsp3) is 0.152. The molecule has 0 aromatic heterocycles. The second-order valence-corrected chi connectivity index (χ2v) is 9.60. The van der Waals surface area contributed by atoms with Gasteiger partial charge in [-0.1, -0.05) is 61.5 Å². The monoisotopic (exact) mass is 548 g/mol. The maximum Gasteiger partial charge on any atom is 0.339 e. The average Bonchev–Trinajstić information content (AvgIpc) is 3.00. The van der Waals surface area contributed by atoms with Crippen molar-refractivity contribution in [2.45, 2.75) is 32.9 Å². The Hall–Kier alpha value is -5.24. The van der Waals surface area contributed by atoms with Crippen LogP contribution in [0.5, 0.6) is 0 Å². The van der Waals surface area contributed by atoms with Crippen LogP contribution in [0.4, 0.5) is 5.69 Å². The highest BCUT2D eigenvalue weighted by molar-refractivity contribution is 6.11. The summed E-state index contributed by atoms with van der Waals surface area (Å²) >= 11 is 0. The van der Waals surface area contributed by atoms with Crippen molar-refractivity contribution in [2.75, 3.05) is 5.32 Å². The Balaban J connectivity index is 1.69. The average molecular weight is 549 g/mol. The lowest BCUT2D eigenvalue weighted by Crippen LogP contribution is -2.32. The highest BCUT2D eigenvalue weighted by Crippen LogP contribution is 2.30. The van der Waals surface area contributed by atoms with Crippen molar-refractivity contribution in [1.82, 2.24) is 5.32 Å². The van der Waals surface area contributed by atoms with Crippen LogP contribution in [0.1, 0.15) is 62.5 Å². The number of amidine groups is 1. The molecule has 0 fully saturated rings. The number of carbonyl (C=O) groups is 3. The summed E-state index contributed by atoms with van der Waals surface area (Å²) in [5.41, 5.74) is 9.19. The number of nitrogens with two attached hydrogens (primary N) is 1. The van der Waals surface area contributed by atoms with E-state index in [1.54, 1.807) is 60.7 Å². The van der Waals surface area contributed by atoms with Crippen LogP contribution in [0.2, 0.25) is 0 Å². The molecule has 0 aliphatic carbocycles. The summed E-state index contributed by atoms with van der Waals surface area (Å²) in [5, 5.41) is 13.3. The van der Waals surface area contributed by atoms with Crippen molar-refractivity contribution < 1.29 is 19.1 Å². The van der Waals surface area contributed by atoms with E-state index >= 15 is 0 Å². The molecule has 4 rings (SSSR count). The Kier molecular flexibility index (Phi) is 9.27. The summed E-state index contributed by atoms with van der Waals surface area (Å²) in [6.07, 6.45) is 0.760. The number of anilines is 1. The fourth-order valence-electron chi connectivity index (χ4n) is 4.15. The minimum Gasteiger partial charge on any atom is -0.457 e. The molecule has 41 heavy (non-hydrogen) atoms. The number of benzene rings is 4. The van der Waals surface area contributed by atoms with E-state index in [0.717, 1.165) is 12.0 Å². The van der Waals surface area contributed by atoms with Crippen LogP contribution in [0.25, 0.3) is 11.1 Å². The molecular weight excluding hydrogens is 516 g/mol. The van der Waals surface area contributed by atoms with Gasteiger partial charge < -0.3 is 21.1 Å². The van der Waals surface area contributed by atoms with Gasteiger partial charge in [-0.2, -0.15) is 0 Å². The molecule has 0 heterocycles. The molecule has 0 spiro atoms. The van der Waals surface area contributed by atoms with Crippen LogP contribution < -0.4 is 16.4 Å². The first kappa shape index (κ1) is 28.8. The van der Waals surface area contributed by atoms with Crippen molar-refractivity contribution in [2.24, 2.45) is 5.73 Å². The molecule has 1 atom stereocenters. The Bertz CT molecular complexity index is 1570. The van der Waals surface area contributed by atoms with Crippen molar-refractivity contribution in [3.8, 4) is 11.1 Å². The molecule has 4 aromatic rings. The number of hydrogen-bond acceptors (Lipinski definition) is 5. The summed E-state index contributed by atoms with van der Waals surface area (Å²) in [7, 11) is 0. The quantitative estimate of drug-likeness (QED) is 0.113. The van der Waals surface area contributed by atoms with Gasteiger partial charge in [0.1, 0.15) is 12.4 Å². The van der Waals surface area contributed by atoms with Gasteiger partial charge in [0.25, 0.3) is 11.8 Å². The van der Waals surface area contributed by atoms with Crippen molar-refractivity contribution in [1.29, 1.82) is 5.41 Å². The Labute approximate surface area is 239 Å². The minimum atomic E-state index is -0.614. The smallest absolute Gasteiger partial charge is 0.339 e. The van der Waals surface area contributed by atoms with Gasteiger partial charge in [0.05, 0.1) is 5.56 Å². The normalized spacial score (nSPS) is 11.3. The summed E-state index contributed by atoms with van der Waals surface area (Å²) < 4.78 is 5.64. The molecule has 8 heteroatoms. The molecule has 1 unspecified atom stereocenters. The molecule has 5 N–H and O–H groups in total. The number of amides is 2. The first-order valence-corrected chi connectivity index (χ1v) is 13.3. The largest absolute Gasteiger partial charge is 0.457 e. The third-order valence-corrected chi connectivity index (χ3v) is 6.62. The van der Waals surface area contributed by atoms with E-state index in [9.17, 15) is 14.4 Å². The SMILES string of the molecule is CCC(C)NC(=O)c1ccc(-c2ccccc2C(=O)Nc2ccc(C(=N)N)cc2)c(C(=O)OCc2ccccc2)c1. The molecule has 0 aliphatic rings. The highest BCUT2D eigenvalue weighted by Gasteiger charge is 2.22. The highest BCUT2D eigenvalue weighted by atomic mass is 16.5. The Morgan fingerprint density at radius 1 is 0.805 bits per heavy atom. The van der Waals surface area contributed by atoms with E-state index in [1.165, 1.54) is 6.07 Å². The zero-order valence-electron chi connectivity index (χ0n) is 22.9. The van der Waals surface area contributed by atoms with Crippen LogP contribution >= 0.6 is 0 Å². The molecule has 2 amide bonds. The van der Waals surface area contributed by atoms with Gasteiger partial charge in [-0.05, 0) is 72.5 Å². The number of ether oxygens (including phenoxy) is 1. The predicted molar refractivity (Wildman–Crippen MR) is 160 cm³/mol. The second-order valence-electron chi connectivity index (χ2n) is 9.60. The van der Waals surface area contributed by atoms with Gasteiger partial charge in [0.2, 0.25) is 0 Å². The number of nitrogen functional groups attached to an aromatic ring is 1. The lowest BCUT2D eigenvalue weighted by Gasteiger charge is -2.16. The lowest BCUT2D eigenvalue weighted by atomic mass is 9.93. The molecule has 208 valence electrons. The molecule has 0 bridgehead atoms. The standard InChI is InChI=1S/C33H32N4O4/c1-3-21(2)36-31(38)24-15-18-27(29(19-24)33(40)41-20-22-9-5-4-6-10-22)26-11-7-8-12-28(26)32(39)37-25-16-13-23(14-17-25)30(34)35/h4-19,21H,3,20H2,1-2H3,(H3,34,35)(H,36,38)(H,37,39). The predicted octanol–water partition coefficient (Wildman–Crippen LogP) is 5.78. The van der Waals surface area contributed by atoms with Gasteiger partial charge in [0.15, 0.2) is 0 Å². The van der Waals surface area contributed by atoms with Gasteiger partial charge in [-0.15, -0.1) is 0 Å². The maximum atomic E-state index is 13.4.